The predicted molar refractivity (Wildman–Crippen MR) is 132 cm³/mol. The van der Waals surface area contributed by atoms with Crippen molar-refractivity contribution < 1.29 is 51.4 Å². The molecule has 2 N–H and O–H groups in total. The number of nitrogens with two attached hydrogens (primary N) is 1. The number of aromatic nitrogens is 4. The van der Waals surface area contributed by atoms with E-state index in [9.17, 15) is 19.4 Å². The number of nitrogens with zero attached hydrogens (tertiary/aromatic N) is 5. The molecule has 0 saturated carbocycles. The first-order valence-corrected chi connectivity index (χ1v) is 13.6. The molecule has 0 spiro atoms. The normalized spacial score (nSPS) is 20.9. The fraction of sp³-hybridized carbons (Fsp3) is 0.636. The Morgan fingerprint density at radius 2 is 1.75 bits per heavy atom. The Balaban J connectivity index is 1.69. The summed E-state index contributed by atoms with van der Waals surface area (Å²) in [5.74, 6) is -0.277. The number of fused-ring (bicyclic) bond motifs is 1. The fourth-order valence-electron chi connectivity index (χ4n) is 3.70. The first-order valence-electron chi connectivity index (χ1n) is 12.1. The lowest BCUT2D eigenvalue weighted by molar-refractivity contribution is -0.0641. The van der Waals surface area contributed by atoms with E-state index in [-0.39, 0.29) is 24.5 Å². The van der Waals surface area contributed by atoms with Gasteiger partial charge in [-0.15, -0.1) is 0 Å². The van der Waals surface area contributed by atoms with Gasteiger partial charge in [-0.1, -0.05) is 6.92 Å². The number of hydrogen-bond donors (Lipinski definition) is 1. The Hall–Kier alpha value is -3.55. The van der Waals surface area contributed by atoms with Crippen LogP contribution in [0.1, 0.15) is 46.7 Å². The second-order valence-electron chi connectivity index (χ2n) is 9.11. The van der Waals surface area contributed by atoms with Crippen molar-refractivity contribution in [2.24, 2.45) is 5.92 Å². The molecule has 3 rings (SSSR count). The van der Waals surface area contributed by atoms with Crippen LogP contribution in [0.5, 0.6) is 0 Å². The molecule has 0 amide bonds. The molecule has 40 heavy (non-hydrogen) atoms. The molecule has 3 heterocycles. The highest BCUT2D eigenvalue weighted by Gasteiger charge is 2.51. The quantitative estimate of drug-likeness (QED) is 0.214. The molecule has 3 atom stereocenters. The third-order valence-corrected chi connectivity index (χ3v) is 6.71. The van der Waals surface area contributed by atoms with Crippen LogP contribution in [0.3, 0.4) is 0 Å². The summed E-state index contributed by atoms with van der Waals surface area (Å²) in [6.45, 7) is 6.07. The lowest BCUT2D eigenvalue weighted by atomic mass is 9.87. The van der Waals surface area contributed by atoms with Crippen molar-refractivity contribution in [3.05, 3.63) is 18.2 Å². The van der Waals surface area contributed by atoms with E-state index in [1.165, 1.54) is 17.0 Å². The number of ether oxygens (including phenoxy) is 5. The van der Waals surface area contributed by atoms with Crippen LogP contribution in [0.4, 0.5) is 15.4 Å². The average molecular weight is 586 g/mol. The Morgan fingerprint density at radius 1 is 1.15 bits per heavy atom. The fourth-order valence-corrected chi connectivity index (χ4v) is 4.64. The molecule has 1 aliphatic heterocycles. The molecule has 0 aromatic carbocycles. The molecule has 2 aromatic heterocycles. The van der Waals surface area contributed by atoms with Crippen molar-refractivity contribution in [1.29, 1.82) is 5.26 Å². The third-order valence-electron chi connectivity index (χ3n) is 5.40. The first kappa shape index (κ1) is 31.0. The van der Waals surface area contributed by atoms with Gasteiger partial charge in [0.1, 0.15) is 18.1 Å². The highest BCUT2D eigenvalue weighted by atomic mass is 31.2. The van der Waals surface area contributed by atoms with E-state index in [0.29, 0.717) is 5.69 Å². The van der Waals surface area contributed by atoms with E-state index in [0.717, 1.165) is 0 Å². The zero-order valence-corrected chi connectivity index (χ0v) is 23.4. The number of hydrogen-bond acceptors (Lipinski definition) is 16. The third kappa shape index (κ3) is 7.55. The van der Waals surface area contributed by atoms with Gasteiger partial charge in [0.15, 0.2) is 11.5 Å². The van der Waals surface area contributed by atoms with Gasteiger partial charge in [-0.3, -0.25) is 4.52 Å². The van der Waals surface area contributed by atoms with Gasteiger partial charge in [0.2, 0.25) is 19.2 Å². The molecule has 220 valence electrons. The maximum Gasteiger partial charge on any atom is 0.510 e. The monoisotopic (exact) mass is 586 g/mol. The van der Waals surface area contributed by atoms with Crippen molar-refractivity contribution in [2.75, 3.05) is 25.9 Å². The number of anilines is 1. The van der Waals surface area contributed by atoms with Gasteiger partial charge in [-0.25, -0.2) is 37.7 Å². The molecule has 2 aromatic rings. The Kier molecular flexibility index (Phi) is 10.2. The average Bonchev–Trinajstić information content (AvgIpc) is 3.44. The molecule has 0 aliphatic carbocycles. The van der Waals surface area contributed by atoms with E-state index in [2.05, 4.69) is 21.1 Å². The molecular weight excluding hydrogens is 555 g/mol. The number of carbonyl (C=O) groups excluding carboxylic acids is 2. The van der Waals surface area contributed by atoms with Crippen LogP contribution in [0.2, 0.25) is 0 Å². The van der Waals surface area contributed by atoms with Gasteiger partial charge in [0.05, 0.1) is 31.1 Å². The van der Waals surface area contributed by atoms with Crippen molar-refractivity contribution in [3.8, 4) is 6.07 Å². The summed E-state index contributed by atoms with van der Waals surface area (Å²) < 4.78 is 55.2. The maximum absolute atomic E-state index is 13.2. The summed E-state index contributed by atoms with van der Waals surface area (Å²) in [5, 5.41) is 14.3. The molecule has 3 unspecified atom stereocenters. The summed E-state index contributed by atoms with van der Waals surface area (Å²) >= 11 is 0. The van der Waals surface area contributed by atoms with Crippen LogP contribution in [-0.2, 0) is 47.4 Å². The zero-order chi connectivity index (χ0) is 29.5. The highest BCUT2D eigenvalue weighted by Crippen LogP contribution is 2.51. The van der Waals surface area contributed by atoms with Crippen molar-refractivity contribution in [3.63, 3.8) is 0 Å². The second-order valence-corrected chi connectivity index (χ2v) is 10.8. The topological polar surface area (TPSA) is 218 Å². The molecular formula is C22H31N6O11P. The number of rotatable bonds is 12. The standard InChI is InChI=1S/C22H31N6O11P/c1-13(2)37-20(29)32-11-35-40(31,36-12-33-21(30)38-14(3)4)34-8-16-6-15(5)22(9-23,39-16)17-7-25-19-18(24)26-10-27-28(17)19/h7,10,13-16H,6,8,11-12H2,1-5H3,(H2,24,26,27). The molecule has 17 nitrogen and oxygen atoms in total. The summed E-state index contributed by atoms with van der Waals surface area (Å²) in [5.41, 5.74) is 4.92. The van der Waals surface area contributed by atoms with E-state index in [4.69, 9.17) is 43.0 Å². The minimum atomic E-state index is -4.51. The van der Waals surface area contributed by atoms with Gasteiger partial charge < -0.3 is 29.4 Å². The van der Waals surface area contributed by atoms with Crippen molar-refractivity contribution >= 4 is 31.6 Å². The van der Waals surface area contributed by atoms with Crippen LogP contribution >= 0.6 is 7.82 Å². The maximum atomic E-state index is 13.2. The van der Waals surface area contributed by atoms with Gasteiger partial charge in [0, 0.05) is 5.92 Å². The lowest BCUT2D eigenvalue weighted by Crippen LogP contribution is -2.32. The van der Waals surface area contributed by atoms with Crippen LogP contribution < -0.4 is 5.73 Å². The van der Waals surface area contributed by atoms with E-state index in [1.54, 1.807) is 34.6 Å². The van der Waals surface area contributed by atoms with Gasteiger partial charge in [-0.05, 0) is 34.1 Å². The van der Waals surface area contributed by atoms with E-state index < -0.39 is 63.6 Å². The minimum Gasteiger partial charge on any atom is -0.432 e. The van der Waals surface area contributed by atoms with E-state index in [1.807, 2.05) is 0 Å². The Morgan fingerprint density at radius 3 is 2.30 bits per heavy atom. The Labute approximate surface area is 229 Å². The van der Waals surface area contributed by atoms with Gasteiger partial charge >= 0.3 is 20.1 Å². The van der Waals surface area contributed by atoms with Crippen molar-refractivity contribution in [1.82, 2.24) is 19.6 Å². The Bertz CT molecular complexity index is 1250. The van der Waals surface area contributed by atoms with Crippen LogP contribution in [0.25, 0.3) is 5.65 Å². The SMILES string of the molecule is CC(C)OC(=O)OCOP(=O)(OCOC(=O)OC(C)C)OCC1CC(C)C(C#N)(c2cnc3c(N)ncnn23)O1. The zero-order valence-electron chi connectivity index (χ0n) is 22.5. The van der Waals surface area contributed by atoms with Gasteiger partial charge in [0.25, 0.3) is 0 Å². The molecule has 18 heteroatoms. The number of phosphoric acid groups is 1. The van der Waals surface area contributed by atoms with Gasteiger partial charge in [-0.2, -0.15) is 10.4 Å². The summed E-state index contributed by atoms with van der Waals surface area (Å²) in [6.07, 6.45) is -0.947. The van der Waals surface area contributed by atoms with Crippen LogP contribution in [0.15, 0.2) is 12.5 Å². The number of phosphoric ester groups is 1. The smallest absolute Gasteiger partial charge is 0.432 e. The molecule has 1 aliphatic rings. The molecule has 0 radical (unpaired) electrons. The predicted octanol–water partition coefficient (Wildman–Crippen LogP) is 3.05. The minimum absolute atomic E-state index is 0.120. The summed E-state index contributed by atoms with van der Waals surface area (Å²) in [6, 6.07) is 2.18. The number of nitrogen functional groups attached to an aromatic ring is 1. The number of carbonyl (C=O) groups is 2. The first-order chi connectivity index (χ1) is 18.9. The van der Waals surface area contributed by atoms with E-state index >= 15 is 0 Å². The van der Waals surface area contributed by atoms with Crippen molar-refractivity contribution in [2.45, 2.75) is 65.0 Å². The largest absolute Gasteiger partial charge is 0.510 e. The number of imidazole rings is 1. The lowest BCUT2D eigenvalue weighted by Gasteiger charge is -2.25. The molecule has 0 bridgehead atoms. The number of nitriles is 1. The highest BCUT2D eigenvalue weighted by molar-refractivity contribution is 7.48. The molecule has 1 saturated heterocycles. The second kappa shape index (κ2) is 13.2. The summed E-state index contributed by atoms with van der Waals surface area (Å²) in [7, 11) is -4.51. The van der Waals surface area contributed by atoms with Crippen LogP contribution in [0, 0.1) is 17.2 Å². The van der Waals surface area contributed by atoms with Crippen LogP contribution in [-0.4, -0.2) is 70.4 Å². The molecule has 1 fully saturated rings. The summed E-state index contributed by atoms with van der Waals surface area (Å²) in [4.78, 5) is 31.3.